The lowest BCUT2D eigenvalue weighted by molar-refractivity contribution is -0.145. The van der Waals surface area contributed by atoms with Gasteiger partial charge in [0.1, 0.15) is 48.7 Å². The van der Waals surface area contributed by atoms with E-state index in [1.807, 2.05) is 30.3 Å². The Morgan fingerprint density at radius 3 is 2.58 bits per heavy atom. The van der Waals surface area contributed by atoms with Crippen molar-refractivity contribution in [2.24, 2.45) is 0 Å². The predicted molar refractivity (Wildman–Crippen MR) is 188 cm³/mol. The lowest BCUT2D eigenvalue weighted by atomic mass is 9.96. The second-order valence-electron chi connectivity index (χ2n) is 12.2. The first-order valence-corrected chi connectivity index (χ1v) is 16.7. The molecule has 3 aromatic carbocycles. The first kappa shape index (κ1) is 36.6. The number of benzene rings is 3. The van der Waals surface area contributed by atoms with Gasteiger partial charge in [-0.05, 0) is 60.4 Å². The van der Waals surface area contributed by atoms with Crippen LogP contribution in [0, 0.1) is 18.3 Å². The van der Waals surface area contributed by atoms with Gasteiger partial charge in [0.15, 0.2) is 0 Å². The second kappa shape index (κ2) is 17.3. The number of aliphatic hydroxyl groups is 1. The fourth-order valence-electron chi connectivity index (χ4n) is 5.42. The Hall–Kier alpha value is -4.70. The molecular formula is C38H41ClN4O7. The first-order chi connectivity index (χ1) is 24.2. The molecule has 0 spiro atoms. The number of ether oxygens (including phenoxy) is 4. The van der Waals surface area contributed by atoms with E-state index >= 15 is 0 Å². The molecule has 1 unspecified atom stereocenters. The number of hydrogen-bond donors (Lipinski definition) is 3. The third kappa shape index (κ3) is 9.50. The molecule has 0 amide bonds. The minimum atomic E-state index is -1.58. The van der Waals surface area contributed by atoms with Gasteiger partial charge < -0.3 is 29.2 Å². The van der Waals surface area contributed by atoms with E-state index in [-0.39, 0.29) is 19.8 Å². The fraction of sp³-hybridized carbons (Fsp3) is 0.342. The molecular weight excluding hydrogens is 660 g/mol. The maximum absolute atomic E-state index is 11.8. The highest BCUT2D eigenvalue weighted by Crippen LogP contribution is 2.35. The fourth-order valence-corrected chi connectivity index (χ4v) is 5.66. The molecule has 0 radical (unpaired) electrons. The standard InChI is InChI=1S/C38H41ClN4O7/c1-26-30(6-4-8-33(26)29-5-3-7-32(16-29)48-14-11-43-9-12-47-13-10-43)24-50-36-18-35(49-23-28-15-27(19-40)20-41-21-28)31(17-34(36)39)22-42-38(2,25-44)37(45)46/h3-8,15-18,20-21,42,44H,9-14,22-25H2,1-2H3,(H,45,46). The molecule has 4 aromatic rings. The van der Waals surface area contributed by atoms with E-state index in [1.54, 1.807) is 24.4 Å². The Labute approximate surface area is 297 Å². The Kier molecular flexibility index (Phi) is 12.7. The molecule has 50 heavy (non-hydrogen) atoms. The van der Waals surface area contributed by atoms with Crippen molar-refractivity contribution >= 4 is 17.6 Å². The van der Waals surface area contributed by atoms with Gasteiger partial charge in [-0.25, -0.2) is 0 Å². The average molecular weight is 701 g/mol. The van der Waals surface area contributed by atoms with Crippen LogP contribution in [-0.2, 0) is 29.3 Å². The highest BCUT2D eigenvalue weighted by molar-refractivity contribution is 6.32. The number of carbonyl (C=O) groups is 1. The number of hydrogen-bond acceptors (Lipinski definition) is 10. The molecule has 1 saturated heterocycles. The molecule has 12 heteroatoms. The van der Waals surface area contributed by atoms with E-state index in [4.69, 9.17) is 30.5 Å². The van der Waals surface area contributed by atoms with E-state index in [9.17, 15) is 20.3 Å². The van der Waals surface area contributed by atoms with Crippen molar-refractivity contribution in [3.8, 4) is 34.4 Å². The van der Waals surface area contributed by atoms with Crippen molar-refractivity contribution in [2.75, 3.05) is 46.1 Å². The SMILES string of the molecule is Cc1c(COc2cc(OCc3cncc(C#N)c3)c(CNC(C)(CO)C(=O)O)cc2Cl)cccc1-c1cccc(OCCN2CCOCC2)c1. The summed E-state index contributed by atoms with van der Waals surface area (Å²) < 4.78 is 23.9. The summed E-state index contributed by atoms with van der Waals surface area (Å²) in [6, 6.07) is 21.2. The Balaban J connectivity index is 1.32. The van der Waals surface area contributed by atoms with E-state index in [1.165, 1.54) is 13.1 Å². The molecule has 1 fully saturated rings. The number of nitrogens with one attached hydrogen (secondary N) is 1. The number of aliphatic carboxylic acids is 1. The molecule has 262 valence electrons. The van der Waals surface area contributed by atoms with Crippen molar-refractivity contribution < 1.29 is 34.0 Å². The number of nitrogens with zero attached hydrogens (tertiary/aromatic N) is 3. The van der Waals surface area contributed by atoms with Crippen LogP contribution >= 0.6 is 11.6 Å². The summed E-state index contributed by atoms with van der Waals surface area (Å²) in [5.74, 6) is 0.371. The van der Waals surface area contributed by atoms with Crippen LogP contribution in [0.2, 0.25) is 5.02 Å². The molecule has 11 nitrogen and oxygen atoms in total. The third-order valence-electron chi connectivity index (χ3n) is 8.64. The Morgan fingerprint density at radius 1 is 1.04 bits per heavy atom. The van der Waals surface area contributed by atoms with E-state index < -0.39 is 18.1 Å². The number of rotatable bonds is 16. The van der Waals surface area contributed by atoms with Crippen LogP contribution in [0.3, 0.4) is 0 Å². The third-order valence-corrected chi connectivity index (χ3v) is 8.94. The van der Waals surface area contributed by atoms with Crippen molar-refractivity contribution in [3.63, 3.8) is 0 Å². The van der Waals surface area contributed by atoms with Gasteiger partial charge in [-0.15, -0.1) is 0 Å². The van der Waals surface area contributed by atoms with Crippen LogP contribution in [0.5, 0.6) is 17.2 Å². The molecule has 5 rings (SSSR count). The van der Waals surface area contributed by atoms with Gasteiger partial charge in [0.2, 0.25) is 0 Å². The zero-order chi connectivity index (χ0) is 35.5. The van der Waals surface area contributed by atoms with Gasteiger partial charge in [0.25, 0.3) is 0 Å². The number of morpholine rings is 1. The van der Waals surface area contributed by atoms with Crippen LogP contribution in [0.4, 0.5) is 0 Å². The van der Waals surface area contributed by atoms with Gasteiger partial charge in [-0.1, -0.05) is 41.9 Å². The zero-order valence-corrected chi connectivity index (χ0v) is 28.9. The van der Waals surface area contributed by atoms with Gasteiger partial charge in [-0.2, -0.15) is 5.26 Å². The Bertz CT molecular complexity index is 1830. The molecule has 1 aliphatic heterocycles. The molecule has 1 aliphatic rings. The van der Waals surface area contributed by atoms with Crippen molar-refractivity contribution in [1.29, 1.82) is 5.26 Å². The van der Waals surface area contributed by atoms with E-state index in [2.05, 4.69) is 40.3 Å². The van der Waals surface area contributed by atoms with Crippen molar-refractivity contribution in [1.82, 2.24) is 15.2 Å². The minimum Gasteiger partial charge on any atom is -0.492 e. The van der Waals surface area contributed by atoms with E-state index in [0.717, 1.165) is 60.9 Å². The maximum Gasteiger partial charge on any atom is 0.326 e. The molecule has 1 atom stereocenters. The number of nitriles is 1. The number of aliphatic hydroxyl groups excluding tert-OH is 1. The number of carboxylic acid groups (broad SMARTS) is 1. The zero-order valence-electron chi connectivity index (χ0n) is 28.2. The molecule has 0 aliphatic carbocycles. The number of halogens is 1. The maximum atomic E-state index is 11.8. The van der Waals surface area contributed by atoms with Crippen molar-refractivity contribution in [2.45, 2.75) is 39.1 Å². The molecule has 3 N–H and O–H groups in total. The van der Waals surface area contributed by atoms with Gasteiger partial charge >= 0.3 is 5.97 Å². The van der Waals surface area contributed by atoms with Gasteiger partial charge in [-0.3, -0.25) is 20.0 Å². The number of pyridine rings is 1. The monoisotopic (exact) mass is 700 g/mol. The summed E-state index contributed by atoms with van der Waals surface area (Å²) in [4.78, 5) is 18.2. The van der Waals surface area contributed by atoms with Crippen LogP contribution in [0.1, 0.15) is 34.7 Å². The Morgan fingerprint density at radius 2 is 1.82 bits per heavy atom. The molecule has 1 aromatic heterocycles. The van der Waals surface area contributed by atoms with Gasteiger partial charge in [0.05, 0.1) is 30.4 Å². The summed E-state index contributed by atoms with van der Waals surface area (Å²) in [5.41, 5.74) is 4.14. The van der Waals surface area contributed by atoms with Gasteiger partial charge in [0, 0.05) is 55.8 Å². The molecule has 2 heterocycles. The van der Waals surface area contributed by atoms with Crippen LogP contribution in [0.25, 0.3) is 11.1 Å². The first-order valence-electron chi connectivity index (χ1n) is 16.3. The summed E-state index contributed by atoms with van der Waals surface area (Å²) >= 11 is 6.70. The highest BCUT2D eigenvalue weighted by Gasteiger charge is 2.32. The smallest absolute Gasteiger partial charge is 0.326 e. The lowest BCUT2D eigenvalue weighted by Crippen LogP contribution is -2.52. The quantitative estimate of drug-likeness (QED) is 0.139. The summed E-state index contributed by atoms with van der Waals surface area (Å²) in [5, 5.41) is 31.8. The molecule has 0 bridgehead atoms. The topological polar surface area (TPSA) is 146 Å². The minimum absolute atomic E-state index is 0.0341. The summed E-state index contributed by atoms with van der Waals surface area (Å²) in [6.45, 7) is 7.97. The largest absolute Gasteiger partial charge is 0.492 e. The number of carboxylic acids is 1. The van der Waals surface area contributed by atoms with Crippen LogP contribution < -0.4 is 19.5 Å². The predicted octanol–water partition coefficient (Wildman–Crippen LogP) is 5.38. The van der Waals surface area contributed by atoms with Crippen LogP contribution in [0.15, 0.2) is 73.1 Å². The average Bonchev–Trinajstić information content (AvgIpc) is 3.14. The molecule has 0 saturated carbocycles. The normalized spacial score (nSPS) is 14.4. The van der Waals surface area contributed by atoms with Crippen molar-refractivity contribution in [3.05, 3.63) is 106 Å². The number of aromatic nitrogens is 1. The van der Waals surface area contributed by atoms with Crippen LogP contribution in [-0.4, -0.2) is 77.7 Å². The highest BCUT2D eigenvalue weighted by atomic mass is 35.5. The lowest BCUT2D eigenvalue weighted by Gasteiger charge is -2.26. The second-order valence-corrected chi connectivity index (χ2v) is 12.6. The summed E-state index contributed by atoms with van der Waals surface area (Å²) in [6.07, 6.45) is 3.06. The van der Waals surface area contributed by atoms with E-state index in [0.29, 0.717) is 39.8 Å². The summed E-state index contributed by atoms with van der Waals surface area (Å²) in [7, 11) is 0.